The maximum atomic E-state index is 12.5. The van der Waals surface area contributed by atoms with Gasteiger partial charge in [-0.15, -0.1) is 11.3 Å². The first kappa shape index (κ1) is 18.6. The number of hydrogen-bond acceptors (Lipinski definition) is 4. The van der Waals surface area contributed by atoms with Gasteiger partial charge in [0.25, 0.3) is 0 Å². The molecule has 0 radical (unpaired) electrons. The van der Waals surface area contributed by atoms with Crippen LogP contribution in [0.4, 0.5) is 5.69 Å². The first-order valence-electron chi connectivity index (χ1n) is 8.85. The molecule has 2 amide bonds. The van der Waals surface area contributed by atoms with Crippen LogP contribution in [0, 0.1) is 6.92 Å². The highest BCUT2D eigenvalue weighted by Crippen LogP contribution is 2.32. The third-order valence-electron chi connectivity index (χ3n) is 4.88. The van der Waals surface area contributed by atoms with Gasteiger partial charge >= 0.3 is 0 Å². The van der Waals surface area contributed by atoms with E-state index in [-0.39, 0.29) is 24.4 Å². The Morgan fingerprint density at radius 3 is 2.73 bits per heavy atom. The first-order chi connectivity index (χ1) is 12.4. The summed E-state index contributed by atoms with van der Waals surface area (Å²) in [4.78, 5) is 29.8. The Hall–Kier alpha value is -2.18. The number of likely N-dealkylation sites (N-methyl/N-ethyl adjacent to an activating group) is 1. The van der Waals surface area contributed by atoms with Crippen molar-refractivity contribution in [1.29, 1.82) is 0 Å². The van der Waals surface area contributed by atoms with Gasteiger partial charge < -0.3 is 10.2 Å². The lowest BCUT2D eigenvalue weighted by atomic mass is 10.0. The summed E-state index contributed by atoms with van der Waals surface area (Å²) in [5, 5.41) is 4.95. The summed E-state index contributed by atoms with van der Waals surface area (Å²) >= 11 is 1.79. The summed E-state index contributed by atoms with van der Waals surface area (Å²) in [6.07, 6.45) is 0.988. The molecule has 2 aromatic rings. The molecule has 2 heterocycles. The molecule has 5 nitrogen and oxygen atoms in total. The summed E-state index contributed by atoms with van der Waals surface area (Å²) in [7, 11) is 1.68. The summed E-state index contributed by atoms with van der Waals surface area (Å²) < 4.78 is 0. The van der Waals surface area contributed by atoms with Gasteiger partial charge in [0, 0.05) is 30.2 Å². The largest absolute Gasteiger partial charge is 0.335 e. The number of nitrogens with one attached hydrogen (secondary N) is 1. The zero-order valence-electron chi connectivity index (χ0n) is 15.5. The number of amides is 2. The van der Waals surface area contributed by atoms with E-state index in [1.807, 2.05) is 31.2 Å². The molecule has 1 aliphatic heterocycles. The van der Waals surface area contributed by atoms with E-state index < -0.39 is 0 Å². The number of hydrogen-bond donors (Lipinski definition) is 1. The highest BCUT2D eigenvalue weighted by Gasteiger charge is 2.27. The van der Waals surface area contributed by atoms with Crippen molar-refractivity contribution in [3.63, 3.8) is 0 Å². The second-order valence-corrected chi connectivity index (χ2v) is 7.86. The summed E-state index contributed by atoms with van der Waals surface area (Å²) in [5.41, 5.74) is 3.21. The van der Waals surface area contributed by atoms with Crippen molar-refractivity contribution in [2.45, 2.75) is 26.3 Å². The molecule has 3 rings (SSSR count). The fraction of sp³-hybridized carbons (Fsp3) is 0.400. The molecule has 1 aliphatic rings. The van der Waals surface area contributed by atoms with Crippen molar-refractivity contribution >= 4 is 28.8 Å². The maximum absolute atomic E-state index is 12.5. The van der Waals surface area contributed by atoms with Crippen molar-refractivity contribution < 1.29 is 9.59 Å². The van der Waals surface area contributed by atoms with Crippen LogP contribution < -0.4 is 5.32 Å². The van der Waals surface area contributed by atoms with Crippen LogP contribution in [0.1, 0.15) is 29.0 Å². The second kappa shape index (κ2) is 8.01. The smallest absolute Gasteiger partial charge is 0.243 e. The molecular weight excluding hydrogens is 346 g/mol. The molecule has 1 atom stereocenters. The zero-order chi connectivity index (χ0) is 18.7. The molecule has 26 heavy (non-hydrogen) atoms. The predicted octanol–water partition coefficient (Wildman–Crippen LogP) is 3.07. The number of anilines is 1. The van der Waals surface area contributed by atoms with E-state index in [1.54, 1.807) is 18.4 Å². The van der Waals surface area contributed by atoms with Gasteiger partial charge in [0.05, 0.1) is 13.1 Å². The Balaban J connectivity index is 1.51. The van der Waals surface area contributed by atoms with Crippen LogP contribution >= 0.6 is 11.3 Å². The van der Waals surface area contributed by atoms with Crippen LogP contribution in [-0.2, 0) is 16.0 Å². The fourth-order valence-corrected chi connectivity index (χ4v) is 4.18. The number of nitrogens with zero attached hydrogens (tertiary/aromatic N) is 2. The number of thiophene rings is 1. The number of rotatable bonds is 5. The van der Waals surface area contributed by atoms with Gasteiger partial charge in [-0.25, -0.2) is 0 Å². The van der Waals surface area contributed by atoms with Crippen molar-refractivity contribution in [2.75, 3.05) is 32.0 Å². The van der Waals surface area contributed by atoms with Gasteiger partial charge in [0.15, 0.2) is 0 Å². The third kappa shape index (κ3) is 4.31. The fourth-order valence-electron chi connectivity index (χ4n) is 3.21. The molecule has 0 bridgehead atoms. The molecule has 1 aromatic carbocycles. The standard InChI is InChI=1S/C20H25N3O2S/c1-14-4-6-16(7-5-14)21-19(24)12-22(3)20(25)13-23-10-8-18-17(15(23)2)9-11-26-18/h4-7,9,11,15H,8,10,12-13H2,1-3H3,(H,21,24)/t15-/m1/s1. The van der Waals surface area contributed by atoms with Crippen molar-refractivity contribution in [2.24, 2.45) is 0 Å². The van der Waals surface area contributed by atoms with Crippen LogP contribution in [-0.4, -0.2) is 48.3 Å². The van der Waals surface area contributed by atoms with E-state index in [0.29, 0.717) is 6.54 Å². The van der Waals surface area contributed by atoms with Crippen molar-refractivity contribution in [3.05, 3.63) is 51.7 Å². The highest BCUT2D eigenvalue weighted by atomic mass is 32.1. The molecular formula is C20H25N3O2S. The Labute approximate surface area is 158 Å². The van der Waals surface area contributed by atoms with Crippen LogP contribution in [0.5, 0.6) is 0 Å². The van der Waals surface area contributed by atoms with Crippen molar-refractivity contribution in [3.8, 4) is 0 Å². The predicted molar refractivity (Wildman–Crippen MR) is 105 cm³/mol. The molecule has 0 spiro atoms. The van der Waals surface area contributed by atoms with Crippen LogP contribution in [0.3, 0.4) is 0 Å². The van der Waals surface area contributed by atoms with E-state index >= 15 is 0 Å². The van der Waals surface area contributed by atoms with Crippen LogP contribution in [0.25, 0.3) is 0 Å². The Bertz CT molecular complexity index is 785. The number of fused-ring (bicyclic) bond motifs is 1. The quantitative estimate of drug-likeness (QED) is 0.879. The van der Waals surface area contributed by atoms with E-state index in [0.717, 1.165) is 24.2 Å². The van der Waals surface area contributed by atoms with Gasteiger partial charge in [-0.2, -0.15) is 0 Å². The van der Waals surface area contributed by atoms with Crippen LogP contribution in [0.15, 0.2) is 35.7 Å². The number of carbonyl (C=O) groups is 2. The number of benzene rings is 1. The molecule has 0 saturated heterocycles. The number of carbonyl (C=O) groups excluding carboxylic acids is 2. The average molecular weight is 372 g/mol. The minimum atomic E-state index is -0.184. The van der Waals surface area contributed by atoms with Gasteiger partial charge in [-0.05, 0) is 49.4 Å². The summed E-state index contributed by atoms with van der Waals surface area (Å²) in [6.45, 7) is 5.41. The minimum absolute atomic E-state index is 0.0328. The van der Waals surface area contributed by atoms with Crippen LogP contribution in [0.2, 0.25) is 0 Å². The SMILES string of the molecule is Cc1ccc(NC(=O)CN(C)C(=O)CN2CCc3sccc3[C@H]2C)cc1. The van der Waals surface area contributed by atoms with Gasteiger partial charge in [-0.3, -0.25) is 14.5 Å². The molecule has 138 valence electrons. The van der Waals surface area contributed by atoms with Gasteiger partial charge in [0.1, 0.15) is 0 Å². The van der Waals surface area contributed by atoms with E-state index in [4.69, 9.17) is 0 Å². The second-order valence-electron chi connectivity index (χ2n) is 6.86. The van der Waals surface area contributed by atoms with E-state index in [9.17, 15) is 9.59 Å². The Morgan fingerprint density at radius 2 is 2.00 bits per heavy atom. The molecule has 0 saturated carbocycles. The third-order valence-corrected chi connectivity index (χ3v) is 5.88. The lowest BCUT2D eigenvalue weighted by Crippen LogP contribution is -2.44. The normalized spacial score (nSPS) is 16.8. The summed E-state index contributed by atoms with van der Waals surface area (Å²) in [6, 6.07) is 10.0. The molecule has 1 N–H and O–H groups in total. The Morgan fingerprint density at radius 1 is 1.27 bits per heavy atom. The Kier molecular flexibility index (Phi) is 5.74. The maximum Gasteiger partial charge on any atom is 0.243 e. The van der Waals surface area contributed by atoms with Gasteiger partial charge in [-0.1, -0.05) is 17.7 Å². The zero-order valence-corrected chi connectivity index (χ0v) is 16.3. The minimum Gasteiger partial charge on any atom is -0.335 e. The van der Waals surface area contributed by atoms with Crippen molar-refractivity contribution in [1.82, 2.24) is 9.80 Å². The van der Waals surface area contributed by atoms with E-state index in [2.05, 4.69) is 28.6 Å². The molecule has 6 heteroatoms. The molecule has 0 fully saturated rings. The molecule has 0 unspecified atom stereocenters. The first-order valence-corrected chi connectivity index (χ1v) is 9.73. The molecule has 1 aromatic heterocycles. The van der Waals surface area contributed by atoms with E-state index in [1.165, 1.54) is 15.3 Å². The average Bonchev–Trinajstić information content (AvgIpc) is 3.08. The molecule has 0 aliphatic carbocycles. The monoisotopic (exact) mass is 371 g/mol. The highest BCUT2D eigenvalue weighted by molar-refractivity contribution is 7.10. The lowest BCUT2D eigenvalue weighted by Gasteiger charge is -2.34. The number of aryl methyl sites for hydroxylation is 1. The summed E-state index contributed by atoms with van der Waals surface area (Å²) in [5.74, 6) is -0.217. The van der Waals surface area contributed by atoms with Gasteiger partial charge in [0.2, 0.25) is 11.8 Å². The lowest BCUT2D eigenvalue weighted by molar-refractivity contribution is -0.134. The topological polar surface area (TPSA) is 52.7 Å².